The van der Waals surface area contributed by atoms with Gasteiger partial charge in [0.1, 0.15) is 0 Å². The van der Waals surface area contributed by atoms with Crippen LogP contribution in [-0.2, 0) is 14.3 Å². The maximum Gasteiger partial charge on any atom is 0.331 e. The number of aromatic nitrogens is 2. The van der Waals surface area contributed by atoms with E-state index in [1.807, 2.05) is 0 Å². The Labute approximate surface area is 105 Å². The van der Waals surface area contributed by atoms with Crippen molar-refractivity contribution in [1.82, 2.24) is 9.97 Å². The molecule has 0 fully saturated rings. The van der Waals surface area contributed by atoms with Gasteiger partial charge < -0.3 is 4.74 Å². The zero-order valence-corrected chi connectivity index (χ0v) is 10.5. The first-order valence-electron chi connectivity index (χ1n) is 5.42. The highest BCUT2D eigenvalue weighted by molar-refractivity contribution is 5.94. The summed E-state index contributed by atoms with van der Waals surface area (Å²) >= 11 is 0. The van der Waals surface area contributed by atoms with E-state index in [1.54, 1.807) is 19.9 Å². The number of carbonyl (C=O) groups excluding carboxylic acids is 2. The van der Waals surface area contributed by atoms with Gasteiger partial charge in [0.2, 0.25) is 5.95 Å². The van der Waals surface area contributed by atoms with Crippen molar-refractivity contribution in [3.05, 3.63) is 30.1 Å². The maximum atomic E-state index is 11.6. The summed E-state index contributed by atoms with van der Waals surface area (Å²) in [6, 6.07) is 1.63. The van der Waals surface area contributed by atoms with Crippen molar-refractivity contribution in [2.24, 2.45) is 0 Å². The Bertz CT molecular complexity index is 453. The molecule has 1 aromatic rings. The second-order valence-electron chi connectivity index (χ2n) is 3.86. The third-order valence-electron chi connectivity index (χ3n) is 1.87. The van der Waals surface area contributed by atoms with Crippen LogP contribution in [0.5, 0.6) is 0 Å². The molecule has 1 atom stereocenters. The largest absolute Gasteiger partial charge is 0.449 e. The summed E-state index contributed by atoms with van der Waals surface area (Å²) in [5, 5.41) is 2.44. The molecule has 0 spiro atoms. The number of nitrogens with one attached hydrogen (secondary N) is 1. The van der Waals surface area contributed by atoms with Crippen LogP contribution in [0.3, 0.4) is 0 Å². The summed E-state index contributed by atoms with van der Waals surface area (Å²) in [6.07, 6.45) is 3.42. The van der Waals surface area contributed by atoms with Gasteiger partial charge in [-0.3, -0.25) is 10.1 Å². The minimum absolute atomic E-state index is 0.174. The SMILES string of the molecule is CC(C)=CC(=O)O[C@H](C)C(=O)Nc1ncccn1. The molecule has 1 aromatic heterocycles. The fourth-order valence-corrected chi connectivity index (χ4v) is 1.07. The summed E-state index contributed by atoms with van der Waals surface area (Å²) < 4.78 is 4.91. The Hall–Kier alpha value is -2.24. The van der Waals surface area contributed by atoms with Gasteiger partial charge in [-0.2, -0.15) is 0 Å². The zero-order valence-electron chi connectivity index (χ0n) is 10.5. The number of esters is 1. The van der Waals surface area contributed by atoms with Gasteiger partial charge in [0.25, 0.3) is 5.91 Å². The van der Waals surface area contributed by atoms with Gasteiger partial charge in [0.15, 0.2) is 6.10 Å². The third kappa shape index (κ3) is 4.73. The molecular weight excluding hydrogens is 234 g/mol. The lowest BCUT2D eigenvalue weighted by Gasteiger charge is -2.11. The normalized spacial score (nSPS) is 11.3. The molecule has 1 N–H and O–H groups in total. The molecule has 0 aromatic carbocycles. The van der Waals surface area contributed by atoms with Gasteiger partial charge in [-0.05, 0) is 26.8 Å². The highest BCUT2D eigenvalue weighted by Crippen LogP contribution is 2.00. The summed E-state index contributed by atoms with van der Waals surface area (Å²) in [7, 11) is 0. The Morgan fingerprint density at radius 1 is 1.33 bits per heavy atom. The van der Waals surface area contributed by atoms with Crippen LogP contribution in [0, 0.1) is 0 Å². The molecule has 1 heterocycles. The maximum absolute atomic E-state index is 11.6. The predicted molar refractivity (Wildman–Crippen MR) is 65.6 cm³/mol. The van der Waals surface area contributed by atoms with Crippen LogP contribution in [0.15, 0.2) is 30.1 Å². The molecule has 0 saturated heterocycles. The number of nitrogens with zero attached hydrogens (tertiary/aromatic N) is 2. The molecule has 96 valence electrons. The van der Waals surface area contributed by atoms with Crippen molar-refractivity contribution in [1.29, 1.82) is 0 Å². The van der Waals surface area contributed by atoms with Crippen LogP contribution >= 0.6 is 0 Å². The standard InChI is InChI=1S/C12H15N3O3/c1-8(2)7-10(16)18-9(3)11(17)15-12-13-5-4-6-14-12/h4-7,9H,1-3H3,(H,13,14,15,17)/t9-/m1/s1. The molecule has 1 rings (SSSR count). The number of rotatable bonds is 4. The number of hydrogen-bond donors (Lipinski definition) is 1. The van der Waals surface area contributed by atoms with Crippen LogP contribution in [0.2, 0.25) is 0 Å². The fourth-order valence-electron chi connectivity index (χ4n) is 1.07. The summed E-state index contributed by atoms with van der Waals surface area (Å²) in [4.78, 5) is 30.6. The van der Waals surface area contributed by atoms with E-state index in [-0.39, 0.29) is 5.95 Å². The first-order chi connectivity index (χ1) is 8.49. The van der Waals surface area contributed by atoms with Gasteiger partial charge in [0.05, 0.1) is 0 Å². The lowest BCUT2D eigenvalue weighted by atomic mass is 10.3. The molecule has 0 saturated carbocycles. The van der Waals surface area contributed by atoms with Crippen molar-refractivity contribution in [2.45, 2.75) is 26.9 Å². The number of anilines is 1. The monoisotopic (exact) mass is 249 g/mol. The van der Waals surface area contributed by atoms with E-state index in [0.29, 0.717) is 0 Å². The van der Waals surface area contributed by atoms with E-state index in [1.165, 1.54) is 25.4 Å². The van der Waals surface area contributed by atoms with Crippen LogP contribution < -0.4 is 5.32 Å². The second-order valence-corrected chi connectivity index (χ2v) is 3.86. The van der Waals surface area contributed by atoms with Crippen molar-refractivity contribution < 1.29 is 14.3 Å². The molecule has 0 radical (unpaired) electrons. The molecule has 0 aliphatic heterocycles. The summed E-state index contributed by atoms with van der Waals surface area (Å²) in [6.45, 7) is 5.02. The van der Waals surface area contributed by atoms with Crippen molar-refractivity contribution in [3.8, 4) is 0 Å². The summed E-state index contributed by atoms with van der Waals surface area (Å²) in [5.74, 6) is -0.851. The van der Waals surface area contributed by atoms with Crippen LogP contribution in [0.1, 0.15) is 20.8 Å². The van der Waals surface area contributed by atoms with E-state index in [4.69, 9.17) is 4.74 Å². The fraction of sp³-hybridized carbons (Fsp3) is 0.333. The van der Waals surface area contributed by atoms with Crippen LogP contribution in [0.4, 0.5) is 5.95 Å². The lowest BCUT2D eigenvalue weighted by molar-refractivity contribution is -0.148. The average Bonchev–Trinajstić information content (AvgIpc) is 2.28. The topological polar surface area (TPSA) is 81.2 Å². The molecular formula is C12H15N3O3. The van der Waals surface area contributed by atoms with Gasteiger partial charge in [-0.15, -0.1) is 0 Å². The Morgan fingerprint density at radius 2 is 1.94 bits per heavy atom. The first kappa shape index (κ1) is 13.8. The second kappa shape index (κ2) is 6.48. The lowest BCUT2D eigenvalue weighted by Crippen LogP contribution is -2.30. The number of amides is 1. The predicted octanol–water partition coefficient (Wildman–Crippen LogP) is 1.31. The van der Waals surface area contributed by atoms with Gasteiger partial charge in [-0.1, -0.05) is 5.57 Å². The van der Waals surface area contributed by atoms with Crippen molar-refractivity contribution in [3.63, 3.8) is 0 Å². The molecule has 18 heavy (non-hydrogen) atoms. The molecule has 0 aliphatic carbocycles. The highest BCUT2D eigenvalue weighted by Gasteiger charge is 2.17. The molecule has 6 heteroatoms. The van der Waals surface area contributed by atoms with Crippen LogP contribution in [-0.4, -0.2) is 27.9 Å². The summed E-state index contributed by atoms with van der Waals surface area (Å²) in [5.41, 5.74) is 0.805. The third-order valence-corrected chi connectivity index (χ3v) is 1.87. The highest BCUT2D eigenvalue weighted by atomic mass is 16.5. The Morgan fingerprint density at radius 3 is 2.50 bits per heavy atom. The van der Waals surface area contributed by atoms with E-state index < -0.39 is 18.0 Å². The van der Waals surface area contributed by atoms with E-state index in [9.17, 15) is 9.59 Å². The van der Waals surface area contributed by atoms with Crippen molar-refractivity contribution >= 4 is 17.8 Å². The minimum Gasteiger partial charge on any atom is -0.449 e. The average molecular weight is 249 g/mol. The zero-order chi connectivity index (χ0) is 13.5. The molecule has 0 bridgehead atoms. The first-order valence-corrected chi connectivity index (χ1v) is 5.42. The van der Waals surface area contributed by atoms with E-state index >= 15 is 0 Å². The molecule has 0 unspecified atom stereocenters. The van der Waals surface area contributed by atoms with Crippen LogP contribution in [0.25, 0.3) is 0 Å². The molecule has 1 amide bonds. The Balaban J connectivity index is 2.52. The molecule has 0 aliphatic rings. The minimum atomic E-state index is -0.906. The number of hydrogen-bond acceptors (Lipinski definition) is 5. The van der Waals surface area contributed by atoms with Gasteiger partial charge in [-0.25, -0.2) is 14.8 Å². The Kier molecular flexibility index (Phi) is 4.98. The van der Waals surface area contributed by atoms with Crippen molar-refractivity contribution in [2.75, 3.05) is 5.32 Å². The van der Waals surface area contributed by atoms with E-state index in [2.05, 4.69) is 15.3 Å². The van der Waals surface area contributed by atoms with E-state index in [0.717, 1.165) is 5.57 Å². The van der Waals surface area contributed by atoms with Gasteiger partial charge in [0, 0.05) is 18.5 Å². The number of allylic oxidation sites excluding steroid dienone is 1. The smallest absolute Gasteiger partial charge is 0.331 e. The number of ether oxygens (including phenoxy) is 1. The quantitative estimate of drug-likeness (QED) is 0.642. The molecule has 6 nitrogen and oxygen atoms in total. The number of carbonyl (C=O) groups is 2. The van der Waals surface area contributed by atoms with Gasteiger partial charge >= 0.3 is 5.97 Å².